The van der Waals surface area contributed by atoms with Crippen LogP contribution in [0.3, 0.4) is 0 Å². The molecule has 7 heteroatoms. The van der Waals surface area contributed by atoms with Gasteiger partial charge in [-0.05, 0) is 157 Å². The number of para-hydroxylation sites is 7. The molecule has 0 radical (unpaired) electrons. The first kappa shape index (κ1) is 52.9. The Labute approximate surface area is 503 Å². The van der Waals surface area contributed by atoms with Gasteiger partial charge in [-0.25, -0.2) is 0 Å². The molecule has 7 nitrogen and oxygen atoms in total. The Kier molecular flexibility index (Phi) is 12.1. The van der Waals surface area contributed by atoms with E-state index in [4.69, 9.17) is 8.83 Å². The van der Waals surface area contributed by atoms with Crippen LogP contribution in [0.15, 0.2) is 239 Å². The van der Waals surface area contributed by atoms with Crippen molar-refractivity contribution in [1.29, 1.82) is 0 Å². The summed E-state index contributed by atoms with van der Waals surface area (Å²) < 4.78 is 14.9. The van der Waals surface area contributed by atoms with Crippen LogP contribution in [0.1, 0.15) is 87.4 Å². The molecule has 3 heterocycles. The maximum atomic E-state index is 15.8. The summed E-state index contributed by atoms with van der Waals surface area (Å²) in [5.41, 5.74) is 19.9. The smallest absolute Gasteiger partial charge is 0.160 e. The third-order valence-corrected chi connectivity index (χ3v) is 17.9. The molecule has 1 atom stereocenters. The van der Waals surface area contributed by atoms with Crippen LogP contribution in [-0.2, 0) is 16.4 Å². The van der Waals surface area contributed by atoms with Crippen molar-refractivity contribution in [2.75, 3.05) is 26.1 Å². The molecular formula is C79H68N4O3. The number of benzene rings is 11. The number of aliphatic hydroxyl groups is 1. The first-order valence-electron chi connectivity index (χ1n) is 30.1. The van der Waals surface area contributed by atoms with Crippen LogP contribution in [0.4, 0.5) is 62.6 Å². The molecule has 0 amide bonds. The minimum absolute atomic E-state index is 0.0690. The first-order chi connectivity index (χ1) is 41.6. The largest absolute Gasteiger partial charge is 0.455 e. The Balaban J connectivity index is 1.12. The summed E-state index contributed by atoms with van der Waals surface area (Å²) in [4.78, 5) is 9.43. The van der Waals surface area contributed by atoms with E-state index in [2.05, 4.69) is 300 Å². The molecule has 86 heavy (non-hydrogen) atoms. The monoisotopic (exact) mass is 1120 g/mol. The lowest BCUT2D eigenvalue weighted by atomic mass is 9.81. The second-order valence-corrected chi connectivity index (χ2v) is 25.5. The van der Waals surface area contributed by atoms with E-state index in [9.17, 15) is 0 Å². The highest BCUT2D eigenvalue weighted by Crippen LogP contribution is 2.64. The molecule has 1 N–H and O–H groups in total. The summed E-state index contributed by atoms with van der Waals surface area (Å²) in [7, 11) is 0. The van der Waals surface area contributed by atoms with E-state index in [0.29, 0.717) is 27.9 Å². The Hall–Kier alpha value is -9.82. The van der Waals surface area contributed by atoms with Crippen LogP contribution >= 0.6 is 0 Å². The second-order valence-electron chi connectivity index (χ2n) is 25.5. The third kappa shape index (κ3) is 8.12. The SMILES string of the molecule is CCN1c2ccccc2N(c2ccccc2C2(O)c3cc(N(c4ccc(C(C)(C)C)cc4)c4cccc(C)c4)c4c(oc5ccccc54)c3-c3c2cc(N(c2ccc(C(C)(C)C)cc2)c2cccc(C)c2)c2oc4ccccc4c32)c2ccccc21. The Morgan fingerprint density at radius 1 is 0.407 bits per heavy atom. The van der Waals surface area contributed by atoms with Gasteiger partial charge in [0.2, 0.25) is 0 Å². The molecule has 15 rings (SSSR count). The first-order valence-corrected chi connectivity index (χ1v) is 30.1. The van der Waals surface area contributed by atoms with Gasteiger partial charge in [0.25, 0.3) is 0 Å². The Morgan fingerprint density at radius 3 is 1.37 bits per heavy atom. The van der Waals surface area contributed by atoms with Crippen molar-refractivity contribution in [2.24, 2.45) is 0 Å². The third-order valence-electron chi connectivity index (χ3n) is 17.9. The Morgan fingerprint density at radius 2 is 0.849 bits per heavy atom. The highest BCUT2D eigenvalue weighted by molar-refractivity contribution is 6.25. The fraction of sp³-hybridized carbons (Fsp3) is 0.165. The van der Waals surface area contributed by atoms with Crippen molar-refractivity contribution < 1.29 is 13.9 Å². The van der Waals surface area contributed by atoms with E-state index in [0.717, 1.165) is 124 Å². The summed E-state index contributed by atoms with van der Waals surface area (Å²) >= 11 is 0. The van der Waals surface area contributed by atoms with Gasteiger partial charge in [-0.15, -0.1) is 0 Å². The van der Waals surface area contributed by atoms with Gasteiger partial charge in [0, 0.05) is 73.3 Å². The molecular weight excluding hydrogens is 1050 g/mol. The van der Waals surface area contributed by atoms with E-state index < -0.39 is 5.60 Å². The highest BCUT2D eigenvalue weighted by atomic mass is 16.3. The lowest BCUT2D eigenvalue weighted by Crippen LogP contribution is -2.31. The fourth-order valence-electron chi connectivity index (χ4n) is 13.8. The predicted octanol–water partition coefficient (Wildman–Crippen LogP) is 21.8. The standard InChI is InChI=1S/C79H68N4O3/c1-10-80-63-31-15-17-33-65(63)83(66-34-18-16-32-64(66)80)62-30-14-13-29-59(62)79(84)60-48-68(82(56-26-22-24-50(3)46-56)54-43-39-52(40-44-54)78(7,8)9)75-72(58-28-12-20-36-70(58)85-75)73(60)74-61(79)47-67(71-57-27-11-19-35-69(57)86-76(71)74)81(55-25-21-23-49(2)45-55)53-41-37-51(38-42-53)77(4,5)6/h11-48,84H,10H2,1-9H3. The zero-order valence-electron chi connectivity index (χ0n) is 50.2. The molecule has 0 spiro atoms. The number of nitrogens with zero attached hydrogens (tertiary/aromatic N) is 4. The van der Waals surface area contributed by atoms with Gasteiger partial charge in [-0.2, -0.15) is 0 Å². The molecule has 422 valence electrons. The van der Waals surface area contributed by atoms with E-state index in [1.165, 1.54) is 11.1 Å². The lowest BCUT2D eigenvalue weighted by molar-refractivity contribution is 0.131. The minimum atomic E-state index is -1.88. The maximum absolute atomic E-state index is 15.8. The number of hydrogen-bond acceptors (Lipinski definition) is 7. The highest BCUT2D eigenvalue weighted by Gasteiger charge is 2.50. The molecule has 2 aromatic heterocycles. The summed E-state index contributed by atoms with van der Waals surface area (Å²) in [6.45, 7) is 20.8. The van der Waals surface area contributed by atoms with Gasteiger partial charge in [-0.3, -0.25) is 0 Å². The van der Waals surface area contributed by atoms with Crippen LogP contribution in [0.5, 0.6) is 0 Å². The molecule has 0 fully saturated rings. The van der Waals surface area contributed by atoms with Crippen LogP contribution in [-0.4, -0.2) is 11.7 Å². The van der Waals surface area contributed by atoms with Crippen LogP contribution < -0.4 is 19.6 Å². The van der Waals surface area contributed by atoms with Crippen molar-refractivity contribution in [3.8, 4) is 11.1 Å². The van der Waals surface area contributed by atoms with Gasteiger partial charge in [-0.1, -0.05) is 169 Å². The lowest BCUT2D eigenvalue weighted by Gasteiger charge is -2.42. The second kappa shape index (κ2) is 19.6. The van der Waals surface area contributed by atoms with Crippen LogP contribution in [0.2, 0.25) is 0 Å². The van der Waals surface area contributed by atoms with Gasteiger partial charge in [0.05, 0.1) is 45.2 Å². The molecule has 1 aliphatic carbocycles. The number of rotatable bonds is 9. The van der Waals surface area contributed by atoms with Crippen LogP contribution in [0, 0.1) is 13.8 Å². The van der Waals surface area contributed by atoms with Crippen molar-refractivity contribution in [2.45, 2.75) is 78.7 Å². The number of anilines is 11. The van der Waals surface area contributed by atoms with Crippen molar-refractivity contribution >= 4 is 106 Å². The average Bonchev–Trinajstić information content (AvgIpc) is 1.52. The van der Waals surface area contributed by atoms with E-state index in [1.807, 2.05) is 12.1 Å². The number of hydrogen-bond donors (Lipinski definition) is 1. The molecule has 1 unspecified atom stereocenters. The normalized spacial score (nSPS) is 14.7. The molecule has 13 aromatic rings. The number of aryl methyl sites for hydroxylation is 2. The molecule has 2 aliphatic rings. The molecule has 0 saturated carbocycles. The van der Waals surface area contributed by atoms with E-state index in [-0.39, 0.29) is 10.8 Å². The molecule has 11 aromatic carbocycles. The molecule has 0 saturated heterocycles. The summed E-state index contributed by atoms with van der Waals surface area (Å²) in [5, 5.41) is 19.5. The van der Waals surface area contributed by atoms with Crippen LogP contribution in [0.25, 0.3) is 55.0 Å². The Bertz CT molecular complexity index is 4800. The number of furan rings is 2. The fourth-order valence-corrected chi connectivity index (χ4v) is 13.8. The zero-order chi connectivity index (χ0) is 59.0. The van der Waals surface area contributed by atoms with Gasteiger partial charge >= 0.3 is 0 Å². The summed E-state index contributed by atoms with van der Waals surface area (Å²) in [6, 6.07) is 82.4. The summed E-state index contributed by atoms with van der Waals surface area (Å²) in [5.74, 6) is 0. The van der Waals surface area contributed by atoms with Gasteiger partial charge < -0.3 is 33.5 Å². The predicted molar refractivity (Wildman–Crippen MR) is 359 cm³/mol. The van der Waals surface area contributed by atoms with Gasteiger partial charge in [0.1, 0.15) is 22.4 Å². The quantitative estimate of drug-likeness (QED) is 0.155. The average molecular weight is 1120 g/mol. The van der Waals surface area contributed by atoms with Gasteiger partial charge in [0.15, 0.2) is 5.58 Å². The topological polar surface area (TPSA) is 59.5 Å². The maximum Gasteiger partial charge on any atom is 0.160 e. The van der Waals surface area contributed by atoms with Crippen molar-refractivity contribution in [3.05, 3.63) is 269 Å². The van der Waals surface area contributed by atoms with Crippen molar-refractivity contribution in [3.63, 3.8) is 0 Å². The van der Waals surface area contributed by atoms with E-state index >= 15 is 5.11 Å². The van der Waals surface area contributed by atoms with Crippen molar-refractivity contribution in [1.82, 2.24) is 0 Å². The summed E-state index contributed by atoms with van der Waals surface area (Å²) in [6.07, 6.45) is 0. The molecule has 1 aliphatic heterocycles. The van der Waals surface area contributed by atoms with E-state index in [1.54, 1.807) is 0 Å². The zero-order valence-corrected chi connectivity index (χ0v) is 50.2. The molecule has 0 bridgehead atoms. The minimum Gasteiger partial charge on any atom is -0.455 e. The number of fused-ring (bicyclic) bond motifs is 13.